The fraction of sp³-hybridized carbons (Fsp3) is 0.556. The number of anilines is 1. The predicted octanol–water partition coefficient (Wildman–Crippen LogP) is -1.16. The lowest BCUT2D eigenvalue weighted by Crippen LogP contribution is -2.50. The van der Waals surface area contributed by atoms with E-state index in [0.29, 0.717) is 0 Å². The molecular weight excluding hydrogens is 263 g/mol. The Morgan fingerprint density at radius 3 is 2.56 bits per heavy atom. The first kappa shape index (κ1) is 13.1. The number of rotatable bonds is 2. The molecule has 1 aromatic rings. The van der Waals surface area contributed by atoms with Crippen LogP contribution in [0.1, 0.15) is 6.42 Å². The molecular formula is C9H13FN4O3S. The molecule has 1 aliphatic rings. The summed E-state index contributed by atoms with van der Waals surface area (Å²) in [5.74, 6) is -0.414. The zero-order valence-electron chi connectivity index (χ0n) is 9.40. The van der Waals surface area contributed by atoms with E-state index in [-0.39, 0.29) is 25.5 Å². The van der Waals surface area contributed by atoms with Crippen molar-refractivity contribution in [1.82, 2.24) is 9.97 Å². The van der Waals surface area contributed by atoms with E-state index in [1.807, 2.05) is 0 Å². The van der Waals surface area contributed by atoms with Gasteiger partial charge in [-0.15, -0.1) is 0 Å². The van der Waals surface area contributed by atoms with Gasteiger partial charge in [0.15, 0.2) is 5.82 Å². The van der Waals surface area contributed by atoms with Gasteiger partial charge in [0, 0.05) is 13.1 Å². The molecule has 0 bridgehead atoms. The monoisotopic (exact) mass is 276 g/mol. The molecule has 100 valence electrons. The number of aliphatic hydroxyl groups excluding tert-OH is 1. The Balaban J connectivity index is 2.21. The maximum Gasteiger partial charge on any atom is 0.225 e. The van der Waals surface area contributed by atoms with E-state index in [1.54, 1.807) is 0 Å². The molecule has 0 spiro atoms. The highest BCUT2D eigenvalue weighted by Gasteiger charge is 2.33. The Kier molecular flexibility index (Phi) is 3.46. The summed E-state index contributed by atoms with van der Waals surface area (Å²) >= 11 is 0. The van der Waals surface area contributed by atoms with Gasteiger partial charge in [0.1, 0.15) is 0 Å². The normalized spacial score (nSPS) is 25.2. The molecule has 1 saturated heterocycles. The number of β-amino-alcohol motifs (C(OH)–C–C–N with tert-alkyl or cyclic N) is 1. The summed E-state index contributed by atoms with van der Waals surface area (Å²) in [7, 11) is -3.74. The van der Waals surface area contributed by atoms with Gasteiger partial charge < -0.3 is 10.0 Å². The molecule has 1 fully saturated rings. The molecule has 2 atom stereocenters. The molecule has 18 heavy (non-hydrogen) atoms. The third-order valence-electron chi connectivity index (χ3n) is 2.74. The van der Waals surface area contributed by atoms with Crippen molar-refractivity contribution in [2.75, 3.05) is 18.0 Å². The van der Waals surface area contributed by atoms with E-state index in [4.69, 9.17) is 5.14 Å². The van der Waals surface area contributed by atoms with Gasteiger partial charge in [-0.25, -0.2) is 27.9 Å². The largest absolute Gasteiger partial charge is 0.391 e. The van der Waals surface area contributed by atoms with Crippen molar-refractivity contribution in [2.45, 2.75) is 17.8 Å². The van der Waals surface area contributed by atoms with Crippen molar-refractivity contribution < 1.29 is 17.9 Å². The lowest BCUT2D eigenvalue weighted by Gasteiger charge is -2.34. The Morgan fingerprint density at radius 1 is 1.39 bits per heavy atom. The Hall–Kier alpha value is -1.32. The van der Waals surface area contributed by atoms with Crippen LogP contribution in [0.5, 0.6) is 0 Å². The maximum atomic E-state index is 12.7. The van der Waals surface area contributed by atoms with Crippen molar-refractivity contribution in [3.63, 3.8) is 0 Å². The third kappa shape index (κ3) is 2.92. The van der Waals surface area contributed by atoms with E-state index in [0.717, 1.165) is 12.4 Å². The van der Waals surface area contributed by atoms with E-state index < -0.39 is 27.2 Å². The molecule has 7 nitrogen and oxygen atoms in total. The highest BCUT2D eigenvalue weighted by atomic mass is 32.2. The van der Waals surface area contributed by atoms with Crippen LogP contribution in [0.4, 0.5) is 10.3 Å². The second-order valence-electron chi connectivity index (χ2n) is 4.21. The molecule has 0 aliphatic carbocycles. The molecule has 0 saturated carbocycles. The molecule has 3 N–H and O–H groups in total. The summed E-state index contributed by atoms with van der Waals surface area (Å²) in [5.41, 5.74) is 0. The quantitative estimate of drug-likeness (QED) is 0.705. The number of hydrogen-bond donors (Lipinski definition) is 2. The minimum absolute atomic E-state index is 0.0799. The van der Waals surface area contributed by atoms with Gasteiger partial charge in [0.2, 0.25) is 16.0 Å². The van der Waals surface area contributed by atoms with Gasteiger partial charge in [0.25, 0.3) is 0 Å². The summed E-state index contributed by atoms with van der Waals surface area (Å²) in [6.45, 7) is 0.277. The number of primary sulfonamides is 1. The van der Waals surface area contributed by atoms with E-state index in [9.17, 15) is 17.9 Å². The van der Waals surface area contributed by atoms with Gasteiger partial charge in [-0.3, -0.25) is 0 Å². The van der Waals surface area contributed by atoms with Crippen molar-refractivity contribution in [1.29, 1.82) is 0 Å². The Labute approximate surface area is 104 Å². The first-order valence-corrected chi connectivity index (χ1v) is 6.89. The summed E-state index contributed by atoms with van der Waals surface area (Å²) in [6.07, 6.45) is 1.21. The van der Waals surface area contributed by atoms with Gasteiger partial charge in [0.05, 0.1) is 23.7 Å². The Morgan fingerprint density at radius 2 is 2.00 bits per heavy atom. The average molecular weight is 276 g/mol. The van der Waals surface area contributed by atoms with Crippen LogP contribution < -0.4 is 10.0 Å². The lowest BCUT2D eigenvalue weighted by molar-refractivity contribution is 0.154. The van der Waals surface area contributed by atoms with Crippen molar-refractivity contribution in [2.24, 2.45) is 5.14 Å². The molecule has 9 heteroatoms. The van der Waals surface area contributed by atoms with Crippen LogP contribution in [0.15, 0.2) is 12.4 Å². The molecule has 0 amide bonds. The van der Waals surface area contributed by atoms with Crippen LogP contribution >= 0.6 is 0 Å². The average Bonchev–Trinajstić information content (AvgIpc) is 2.28. The van der Waals surface area contributed by atoms with Crippen LogP contribution in [0.2, 0.25) is 0 Å². The molecule has 1 aromatic heterocycles. The van der Waals surface area contributed by atoms with Crippen molar-refractivity contribution in [3.05, 3.63) is 18.2 Å². The Bertz CT molecular complexity index is 521. The first-order valence-electron chi connectivity index (χ1n) is 5.28. The molecule has 2 rings (SSSR count). The molecule has 0 aromatic carbocycles. The van der Waals surface area contributed by atoms with Crippen LogP contribution in [0.25, 0.3) is 0 Å². The number of aliphatic hydroxyl groups is 1. The van der Waals surface area contributed by atoms with Crippen LogP contribution in [0, 0.1) is 5.82 Å². The van der Waals surface area contributed by atoms with E-state index in [1.165, 1.54) is 4.90 Å². The molecule has 2 heterocycles. The first-order chi connectivity index (χ1) is 8.36. The number of sulfonamides is 1. The SMILES string of the molecule is NS(=O)(=O)[C@@H]1C[C@@H](O)CN(c2ncc(F)cn2)C1. The molecule has 0 radical (unpaired) electrons. The van der Waals surface area contributed by atoms with Gasteiger partial charge >= 0.3 is 0 Å². The van der Waals surface area contributed by atoms with Crippen LogP contribution in [-0.4, -0.2) is 47.9 Å². The number of hydrogen-bond acceptors (Lipinski definition) is 6. The highest BCUT2D eigenvalue weighted by molar-refractivity contribution is 7.89. The second-order valence-corrected chi connectivity index (χ2v) is 6.05. The summed E-state index contributed by atoms with van der Waals surface area (Å²) in [6, 6.07) is 0. The zero-order valence-corrected chi connectivity index (χ0v) is 10.2. The van der Waals surface area contributed by atoms with Gasteiger partial charge in [-0.05, 0) is 6.42 Å². The number of aromatic nitrogens is 2. The van der Waals surface area contributed by atoms with E-state index >= 15 is 0 Å². The molecule has 1 aliphatic heterocycles. The van der Waals surface area contributed by atoms with Crippen LogP contribution in [-0.2, 0) is 10.0 Å². The fourth-order valence-electron chi connectivity index (χ4n) is 1.90. The standard InChI is InChI=1S/C9H13FN4O3S/c10-6-2-12-9(13-3-6)14-4-7(15)1-8(5-14)18(11,16)17/h2-3,7-8,15H,1,4-5H2,(H2,11,16,17)/t7-,8-/m1/s1. The summed E-state index contributed by atoms with van der Waals surface area (Å²) in [5, 5.41) is 13.8. The molecule has 0 unspecified atom stereocenters. The zero-order chi connectivity index (χ0) is 13.3. The predicted molar refractivity (Wildman–Crippen MR) is 61.7 cm³/mol. The third-order valence-corrected chi connectivity index (χ3v) is 4.02. The van der Waals surface area contributed by atoms with Gasteiger partial charge in [-0.2, -0.15) is 0 Å². The van der Waals surface area contributed by atoms with Gasteiger partial charge in [-0.1, -0.05) is 0 Å². The second kappa shape index (κ2) is 4.75. The number of nitrogens with two attached hydrogens (primary N) is 1. The highest BCUT2D eigenvalue weighted by Crippen LogP contribution is 2.19. The number of nitrogens with zero attached hydrogens (tertiary/aromatic N) is 3. The summed E-state index contributed by atoms with van der Waals surface area (Å²) in [4.78, 5) is 8.97. The fourth-order valence-corrected chi connectivity index (χ4v) is 2.78. The maximum absolute atomic E-state index is 12.7. The minimum Gasteiger partial charge on any atom is -0.391 e. The van der Waals surface area contributed by atoms with Crippen molar-refractivity contribution >= 4 is 16.0 Å². The summed E-state index contributed by atoms with van der Waals surface area (Å²) < 4.78 is 35.3. The minimum atomic E-state index is -3.74. The smallest absolute Gasteiger partial charge is 0.225 e. The number of piperidine rings is 1. The lowest BCUT2D eigenvalue weighted by atomic mass is 10.1. The van der Waals surface area contributed by atoms with Crippen molar-refractivity contribution in [3.8, 4) is 0 Å². The van der Waals surface area contributed by atoms with E-state index in [2.05, 4.69) is 9.97 Å². The topological polar surface area (TPSA) is 109 Å². The number of halogens is 1. The van der Waals surface area contributed by atoms with Crippen LogP contribution in [0.3, 0.4) is 0 Å².